The van der Waals surface area contributed by atoms with Gasteiger partial charge in [-0.15, -0.1) is 0 Å². The van der Waals surface area contributed by atoms with Crippen LogP contribution < -0.4 is 10.9 Å². The Morgan fingerprint density at radius 2 is 2.06 bits per heavy atom. The van der Waals surface area contributed by atoms with Crippen LogP contribution >= 0.6 is 0 Å². The predicted molar refractivity (Wildman–Crippen MR) is 124 cm³/mol. The van der Waals surface area contributed by atoms with Gasteiger partial charge in [0, 0.05) is 43.5 Å². The van der Waals surface area contributed by atoms with Gasteiger partial charge in [-0.3, -0.25) is 4.79 Å². The molecule has 9 nitrogen and oxygen atoms in total. The number of carbonyl (C=O) groups excluding carboxylic acids is 1. The molecule has 3 heterocycles. The van der Waals surface area contributed by atoms with Crippen molar-refractivity contribution in [2.45, 2.75) is 39.7 Å². The number of esters is 1. The van der Waals surface area contributed by atoms with Crippen molar-refractivity contribution in [2.24, 2.45) is 0 Å². The molecule has 1 unspecified atom stereocenters. The van der Waals surface area contributed by atoms with Crippen molar-refractivity contribution >= 4 is 29.6 Å². The average molecular weight is 444 g/mol. The first-order valence-corrected chi connectivity index (χ1v) is 11.4. The minimum atomic E-state index is -1.75. The van der Waals surface area contributed by atoms with Crippen LogP contribution in [0.3, 0.4) is 0 Å². The summed E-state index contributed by atoms with van der Waals surface area (Å²) in [6.45, 7) is 11.9. The van der Waals surface area contributed by atoms with E-state index in [0.29, 0.717) is 5.65 Å². The van der Waals surface area contributed by atoms with Crippen LogP contribution in [0.25, 0.3) is 11.0 Å². The molecule has 2 N–H and O–H groups in total. The third kappa shape index (κ3) is 5.37. The van der Waals surface area contributed by atoms with Crippen molar-refractivity contribution in [3.05, 3.63) is 34.2 Å². The lowest BCUT2D eigenvalue weighted by molar-refractivity contribution is 0.0523. The zero-order chi connectivity index (χ0) is 23.3. The molecule has 174 valence electrons. The van der Waals surface area contributed by atoms with E-state index < -0.39 is 18.5 Å². The van der Waals surface area contributed by atoms with E-state index in [0.717, 1.165) is 52.1 Å². The summed E-state index contributed by atoms with van der Waals surface area (Å²) in [6, 6.07) is 1.43. The largest absolute Gasteiger partial charge is 0.490 e. The number of likely N-dealkylation sites (tertiary alicyclic amines) is 1. The molecule has 0 bridgehead atoms. The number of hydrogen-bond acceptors (Lipinski definition) is 8. The summed E-state index contributed by atoms with van der Waals surface area (Å²) in [5.41, 5.74) is -0.0420. The van der Waals surface area contributed by atoms with Gasteiger partial charge in [-0.1, -0.05) is 13.8 Å². The maximum atomic E-state index is 13.0. The zero-order valence-corrected chi connectivity index (χ0v) is 19.2. The normalized spacial score (nSPS) is 17.1. The maximum absolute atomic E-state index is 13.0. The Morgan fingerprint density at radius 3 is 2.72 bits per heavy atom. The highest BCUT2D eigenvalue weighted by Crippen LogP contribution is 2.24. The number of ether oxygens (including phenoxy) is 1. The molecule has 1 aliphatic rings. The number of fused-ring (bicyclic) bond motifs is 1. The van der Waals surface area contributed by atoms with Gasteiger partial charge in [0.05, 0.1) is 12.0 Å². The minimum Gasteiger partial charge on any atom is -0.462 e. The Bertz CT molecular complexity index is 992. The molecule has 0 saturated carbocycles. The van der Waals surface area contributed by atoms with Crippen molar-refractivity contribution in [1.82, 2.24) is 19.4 Å². The maximum Gasteiger partial charge on any atom is 0.490 e. The number of aromatic nitrogens is 2. The van der Waals surface area contributed by atoms with E-state index in [4.69, 9.17) is 4.74 Å². The van der Waals surface area contributed by atoms with Gasteiger partial charge in [-0.25, -0.2) is 9.78 Å². The zero-order valence-electron chi connectivity index (χ0n) is 19.2. The highest BCUT2D eigenvalue weighted by atomic mass is 16.5. The number of likely N-dealkylation sites (N-methyl/N-ethyl adjacent to an activating group) is 1. The SMILES string of the molecule is CCOC(=O)c1cn(C2CCCN(CCN(CC)CC)C2)c2ncc(B(O)O)cc2c1=O. The van der Waals surface area contributed by atoms with E-state index in [9.17, 15) is 19.6 Å². The second kappa shape index (κ2) is 11.0. The first kappa shape index (κ1) is 24.4. The molecule has 0 amide bonds. The van der Waals surface area contributed by atoms with E-state index >= 15 is 0 Å². The summed E-state index contributed by atoms with van der Waals surface area (Å²) in [7, 11) is -1.75. The second-order valence-corrected chi connectivity index (χ2v) is 8.14. The van der Waals surface area contributed by atoms with Crippen LogP contribution in [-0.2, 0) is 4.74 Å². The lowest BCUT2D eigenvalue weighted by Gasteiger charge is -2.35. The smallest absolute Gasteiger partial charge is 0.462 e. The average Bonchev–Trinajstić information content (AvgIpc) is 2.80. The molecular weight excluding hydrogens is 411 g/mol. The van der Waals surface area contributed by atoms with Crippen LogP contribution in [0.1, 0.15) is 50.0 Å². The van der Waals surface area contributed by atoms with Gasteiger partial charge < -0.3 is 29.2 Å². The monoisotopic (exact) mass is 444 g/mol. The fraction of sp³-hybridized carbons (Fsp3) is 0.591. The summed E-state index contributed by atoms with van der Waals surface area (Å²) in [5, 5.41) is 19.3. The molecule has 3 rings (SSSR count). The Kier molecular flexibility index (Phi) is 8.41. The summed E-state index contributed by atoms with van der Waals surface area (Å²) in [6.07, 6.45) is 4.81. The molecule has 1 fully saturated rings. The van der Waals surface area contributed by atoms with E-state index in [1.54, 1.807) is 13.1 Å². The van der Waals surface area contributed by atoms with Crippen LogP contribution in [-0.4, -0.2) is 88.4 Å². The van der Waals surface area contributed by atoms with Crippen LogP contribution in [0.2, 0.25) is 0 Å². The molecule has 1 saturated heterocycles. The molecule has 0 aromatic carbocycles. The quantitative estimate of drug-likeness (QED) is 0.418. The number of rotatable bonds is 9. The van der Waals surface area contributed by atoms with Crippen molar-refractivity contribution in [2.75, 3.05) is 45.9 Å². The number of piperidine rings is 1. The number of pyridine rings is 2. The Labute approximate surface area is 188 Å². The van der Waals surface area contributed by atoms with Crippen molar-refractivity contribution in [1.29, 1.82) is 0 Å². The van der Waals surface area contributed by atoms with Crippen LogP contribution in [0.15, 0.2) is 23.3 Å². The van der Waals surface area contributed by atoms with Gasteiger partial charge in [0.2, 0.25) is 5.43 Å². The van der Waals surface area contributed by atoms with Crippen molar-refractivity contribution < 1.29 is 19.6 Å². The number of nitrogens with zero attached hydrogens (tertiary/aromatic N) is 4. The van der Waals surface area contributed by atoms with Gasteiger partial charge in [0.25, 0.3) is 0 Å². The van der Waals surface area contributed by atoms with Gasteiger partial charge in [-0.2, -0.15) is 0 Å². The molecule has 32 heavy (non-hydrogen) atoms. The Hall–Kier alpha value is -2.27. The molecule has 1 aliphatic heterocycles. The molecule has 0 aliphatic carbocycles. The third-order valence-corrected chi connectivity index (χ3v) is 6.18. The van der Waals surface area contributed by atoms with Gasteiger partial charge in [-0.05, 0) is 45.5 Å². The lowest BCUT2D eigenvalue weighted by atomic mass is 9.81. The summed E-state index contributed by atoms with van der Waals surface area (Å²) < 4.78 is 6.99. The number of hydrogen-bond donors (Lipinski definition) is 2. The standard InChI is InChI=1S/C22H33BN4O5/c1-4-25(5-2)10-11-26-9-7-8-17(14-26)27-15-19(22(29)32-6-3)20(28)18-12-16(23(30)31)13-24-21(18)27/h12-13,15,17,30-31H,4-11,14H2,1-3H3. The fourth-order valence-corrected chi connectivity index (χ4v) is 4.31. The van der Waals surface area contributed by atoms with E-state index in [2.05, 4.69) is 28.6 Å². The highest BCUT2D eigenvalue weighted by molar-refractivity contribution is 6.58. The molecule has 2 aromatic heterocycles. The predicted octanol–water partition coefficient (Wildman–Crippen LogP) is 0.232. The molecule has 0 spiro atoms. The number of carbonyl (C=O) groups is 1. The Morgan fingerprint density at radius 1 is 1.31 bits per heavy atom. The first-order valence-electron chi connectivity index (χ1n) is 11.4. The van der Waals surface area contributed by atoms with Gasteiger partial charge >= 0.3 is 13.1 Å². The van der Waals surface area contributed by atoms with Crippen LogP contribution in [0.5, 0.6) is 0 Å². The van der Waals surface area contributed by atoms with Gasteiger partial charge in [0.1, 0.15) is 11.2 Å². The summed E-state index contributed by atoms with van der Waals surface area (Å²) in [4.78, 5) is 34.7. The molecule has 2 aromatic rings. The minimum absolute atomic E-state index is 0.0362. The lowest BCUT2D eigenvalue weighted by Crippen LogP contribution is -2.42. The molecular formula is C22H33BN4O5. The summed E-state index contributed by atoms with van der Waals surface area (Å²) in [5.74, 6) is -0.683. The van der Waals surface area contributed by atoms with Crippen LogP contribution in [0.4, 0.5) is 0 Å². The molecule has 1 atom stereocenters. The molecule has 10 heteroatoms. The van der Waals surface area contributed by atoms with Crippen LogP contribution in [0, 0.1) is 0 Å². The Balaban J connectivity index is 1.99. The molecule has 0 radical (unpaired) electrons. The first-order chi connectivity index (χ1) is 15.4. The van der Waals surface area contributed by atoms with E-state index in [1.807, 2.05) is 4.57 Å². The van der Waals surface area contributed by atoms with Crippen molar-refractivity contribution in [3.8, 4) is 0 Å². The topological polar surface area (TPSA) is 108 Å². The van der Waals surface area contributed by atoms with Gasteiger partial charge in [0.15, 0.2) is 0 Å². The van der Waals surface area contributed by atoms with Crippen molar-refractivity contribution in [3.63, 3.8) is 0 Å². The highest BCUT2D eigenvalue weighted by Gasteiger charge is 2.26. The van der Waals surface area contributed by atoms with E-state index in [-0.39, 0.29) is 29.1 Å². The fourth-order valence-electron chi connectivity index (χ4n) is 4.31. The third-order valence-electron chi connectivity index (χ3n) is 6.18. The summed E-state index contributed by atoms with van der Waals surface area (Å²) >= 11 is 0. The second-order valence-electron chi connectivity index (χ2n) is 8.14. The van der Waals surface area contributed by atoms with E-state index in [1.165, 1.54) is 12.3 Å².